The van der Waals surface area contributed by atoms with Crippen LogP contribution in [-0.4, -0.2) is 24.0 Å². The molecular formula is C20H21ClO4. The van der Waals surface area contributed by atoms with Crippen LogP contribution in [0.25, 0.3) is 0 Å². The number of benzene rings is 2. The van der Waals surface area contributed by atoms with E-state index in [1.54, 1.807) is 57.2 Å². The van der Waals surface area contributed by atoms with Crippen molar-refractivity contribution < 1.29 is 19.1 Å². The van der Waals surface area contributed by atoms with Crippen molar-refractivity contribution in [1.29, 1.82) is 0 Å². The molecule has 0 bridgehead atoms. The highest BCUT2D eigenvalue weighted by Gasteiger charge is 2.31. The Hall–Kier alpha value is -2.33. The summed E-state index contributed by atoms with van der Waals surface area (Å²) in [5, 5.41) is 0.632. The second-order valence-corrected chi connectivity index (χ2v) is 6.52. The van der Waals surface area contributed by atoms with Gasteiger partial charge in [-0.3, -0.25) is 4.79 Å². The average molecular weight is 361 g/mol. The molecular weight excluding hydrogens is 340 g/mol. The van der Waals surface area contributed by atoms with Crippen molar-refractivity contribution >= 4 is 23.4 Å². The first-order chi connectivity index (χ1) is 11.8. The molecule has 2 rings (SSSR count). The second kappa shape index (κ2) is 8.17. The van der Waals surface area contributed by atoms with Gasteiger partial charge in [0.15, 0.2) is 11.4 Å². The largest absolute Gasteiger partial charge is 0.476 e. The number of hydrogen-bond acceptors (Lipinski definition) is 4. The molecule has 0 unspecified atom stereocenters. The fourth-order valence-corrected chi connectivity index (χ4v) is 2.39. The predicted molar refractivity (Wildman–Crippen MR) is 97.3 cm³/mol. The topological polar surface area (TPSA) is 52.6 Å². The minimum atomic E-state index is -1.13. The summed E-state index contributed by atoms with van der Waals surface area (Å²) >= 11 is 5.86. The van der Waals surface area contributed by atoms with Gasteiger partial charge < -0.3 is 9.47 Å². The van der Waals surface area contributed by atoms with Crippen molar-refractivity contribution in [1.82, 2.24) is 0 Å². The van der Waals surface area contributed by atoms with Gasteiger partial charge in [0, 0.05) is 17.0 Å². The second-order valence-electron chi connectivity index (χ2n) is 6.09. The predicted octanol–water partition coefficient (Wildman–Crippen LogP) is 4.49. The molecule has 0 atom stereocenters. The molecule has 0 aliphatic heterocycles. The lowest BCUT2D eigenvalue weighted by molar-refractivity contribution is -0.158. The molecule has 5 heteroatoms. The first kappa shape index (κ1) is 19.0. The summed E-state index contributed by atoms with van der Waals surface area (Å²) in [6.45, 7) is 5.29. The molecule has 0 amide bonds. The number of ether oxygens (including phenoxy) is 2. The maximum Gasteiger partial charge on any atom is 0.349 e. The molecule has 0 saturated carbocycles. The van der Waals surface area contributed by atoms with Crippen LogP contribution in [-0.2, 0) is 16.0 Å². The first-order valence-electron chi connectivity index (χ1n) is 8.06. The highest BCUT2D eigenvalue weighted by molar-refractivity contribution is 6.30. The zero-order chi connectivity index (χ0) is 18.4. The smallest absolute Gasteiger partial charge is 0.349 e. The summed E-state index contributed by atoms with van der Waals surface area (Å²) in [6.07, 6.45) is 0.266. The fourth-order valence-electron chi connectivity index (χ4n) is 2.26. The van der Waals surface area contributed by atoms with Crippen LogP contribution < -0.4 is 4.74 Å². The third-order valence-electron chi connectivity index (χ3n) is 3.57. The molecule has 2 aromatic rings. The summed E-state index contributed by atoms with van der Waals surface area (Å²) < 4.78 is 10.7. The van der Waals surface area contributed by atoms with Crippen LogP contribution in [0, 0.1) is 0 Å². The Morgan fingerprint density at radius 1 is 1.08 bits per heavy atom. The molecule has 0 aliphatic rings. The van der Waals surface area contributed by atoms with Gasteiger partial charge in [0.25, 0.3) is 0 Å². The summed E-state index contributed by atoms with van der Waals surface area (Å²) in [7, 11) is 0. The maximum atomic E-state index is 12.5. The van der Waals surface area contributed by atoms with E-state index in [0.29, 0.717) is 16.3 Å². The van der Waals surface area contributed by atoms with Crippen LogP contribution in [0.4, 0.5) is 0 Å². The van der Waals surface area contributed by atoms with Crippen molar-refractivity contribution in [3.05, 3.63) is 64.7 Å². The van der Waals surface area contributed by atoms with Gasteiger partial charge in [0.1, 0.15) is 5.75 Å². The Morgan fingerprint density at radius 3 is 2.40 bits per heavy atom. The van der Waals surface area contributed by atoms with Gasteiger partial charge in [-0.2, -0.15) is 0 Å². The van der Waals surface area contributed by atoms with Gasteiger partial charge >= 0.3 is 5.97 Å². The van der Waals surface area contributed by atoms with Crippen LogP contribution in [0.3, 0.4) is 0 Å². The standard InChI is InChI=1S/C20H21ClO4/c1-4-24-19(23)20(2,3)25-17-7-5-6-15(13-17)18(22)12-14-8-10-16(21)11-9-14/h5-11,13H,4,12H2,1-3H3. The SMILES string of the molecule is CCOC(=O)C(C)(C)Oc1cccc(C(=O)Cc2ccc(Cl)cc2)c1. The van der Waals surface area contributed by atoms with E-state index in [9.17, 15) is 9.59 Å². The molecule has 2 aromatic carbocycles. The zero-order valence-corrected chi connectivity index (χ0v) is 15.3. The monoisotopic (exact) mass is 360 g/mol. The normalized spacial score (nSPS) is 11.0. The molecule has 0 aliphatic carbocycles. The Morgan fingerprint density at radius 2 is 1.76 bits per heavy atom. The molecule has 0 saturated heterocycles. The van der Waals surface area contributed by atoms with E-state index < -0.39 is 11.6 Å². The molecule has 0 radical (unpaired) electrons. The van der Waals surface area contributed by atoms with E-state index in [1.165, 1.54) is 0 Å². The molecule has 132 valence electrons. The van der Waals surface area contributed by atoms with Gasteiger partial charge in [-0.15, -0.1) is 0 Å². The van der Waals surface area contributed by atoms with Gasteiger partial charge in [-0.1, -0.05) is 35.9 Å². The summed E-state index contributed by atoms with van der Waals surface area (Å²) in [4.78, 5) is 24.4. The molecule has 0 aromatic heterocycles. The Kier molecular flexibility index (Phi) is 6.21. The highest BCUT2D eigenvalue weighted by atomic mass is 35.5. The minimum Gasteiger partial charge on any atom is -0.476 e. The molecule has 0 heterocycles. The van der Waals surface area contributed by atoms with Gasteiger partial charge in [0.05, 0.1) is 6.61 Å². The van der Waals surface area contributed by atoms with Gasteiger partial charge in [-0.05, 0) is 50.6 Å². The van der Waals surface area contributed by atoms with E-state index in [2.05, 4.69) is 0 Å². The van der Waals surface area contributed by atoms with Crippen molar-refractivity contribution in [3.63, 3.8) is 0 Å². The van der Waals surface area contributed by atoms with Crippen molar-refractivity contribution in [2.75, 3.05) is 6.61 Å². The Balaban J connectivity index is 2.11. The fraction of sp³-hybridized carbons (Fsp3) is 0.300. The van der Waals surface area contributed by atoms with Crippen LogP contribution in [0.15, 0.2) is 48.5 Å². The van der Waals surface area contributed by atoms with E-state index in [1.807, 2.05) is 12.1 Å². The third kappa shape index (κ3) is 5.33. The van der Waals surface area contributed by atoms with E-state index in [0.717, 1.165) is 5.56 Å². The van der Waals surface area contributed by atoms with Crippen molar-refractivity contribution in [3.8, 4) is 5.75 Å². The van der Waals surface area contributed by atoms with E-state index in [4.69, 9.17) is 21.1 Å². The molecule has 25 heavy (non-hydrogen) atoms. The zero-order valence-electron chi connectivity index (χ0n) is 14.5. The van der Waals surface area contributed by atoms with E-state index in [-0.39, 0.29) is 18.8 Å². The van der Waals surface area contributed by atoms with Gasteiger partial charge in [-0.25, -0.2) is 4.79 Å². The summed E-state index contributed by atoms with van der Waals surface area (Å²) in [6, 6.07) is 14.0. The summed E-state index contributed by atoms with van der Waals surface area (Å²) in [5.41, 5.74) is 0.271. The molecule has 0 fully saturated rings. The lowest BCUT2D eigenvalue weighted by Crippen LogP contribution is -2.39. The Labute approximate surface area is 152 Å². The number of rotatable bonds is 7. The van der Waals surface area contributed by atoms with Crippen LogP contribution >= 0.6 is 11.6 Å². The number of carbonyl (C=O) groups is 2. The lowest BCUT2D eigenvalue weighted by Gasteiger charge is -2.24. The Bertz CT molecular complexity index is 751. The minimum absolute atomic E-state index is 0.0401. The number of ketones is 1. The maximum absolute atomic E-state index is 12.5. The van der Waals surface area contributed by atoms with E-state index >= 15 is 0 Å². The van der Waals surface area contributed by atoms with Crippen LogP contribution in [0.2, 0.25) is 5.02 Å². The quantitative estimate of drug-likeness (QED) is 0.539. The first-order valence-corrected chi connectivity index (χ1v) is 8.43. The average Bonchev–Trinajstić information content (AvgIpc) is 2.57. The molecule has 0 spiro atoms. The van der Waals surface area contributed by atoms with Gasteiger partial charge in [0.2, 0.25) is 0 Å². The lowest BCUT2D eigenvalue weighted by atomic mass is 10.0. The summed E-state index contributed by atoms with van der Waals surface area (Å²) in [5.74, 6) is -0.0467. The number of carbonyl (C=O) groups excluding carboxylic acids is 2. The number of Topliss-reactive ketones (excluding diaryl/α,β-unsaturated/α-hetero) is 1. The van der Waals surface area contributed by atoms with Crippen LogP contribution in [0.1, 0.15) is 36.7 Å². The molecule has 0 N–H and O–H groups in total. The highest BCUT2D eigenvalue weighted by Crippen LogP contribution is 2.22. The van der Waals surface area contributed by atoms with Crippen molar-refractivity contribution in [2.45, 2.75) is 32.8 Å². The third-order valence-corrected chi connectivity index (χ3v) is 3.83. The van der Waals surface area contributed by atoms with Crippen molar-refractivity contribution in [2.24, 2.45) is 0 Å². The number of halogens is 1. The van der Waals surface area contributed by atoms with Crippen LogP contribution in [0.5, 0.6) is 5.75 Å². The number of esters is 1. The number of hydrogen-bond donors (Lipinski definition) is 0. The molecule has 4 nitrogen and oxygen atoms in total.